The van der Waals surface area contributed by atoms with E-state index in [2.05, 4.69) is 30.8 Å². The van der Waals surface area contributed by atoms with Crippen LogP contribution in [0.15, 0.2) is 26.0 Å². The number of nitrogen functional groups attached to an aromatic ring is 1. The Labute approximate surface area is 131 Å². The number of halogens is 1. The molecular formula is C12H15BrN4O3S. The predicted molar refractivity (Wildman–Crippen MR) is 81.2 cm³/mol. The van der Waals surface area contributed by atoms with Gasteiger partial charge in [-0.3, -0.25) is 0 Å². The van der Waals surface area contributed by atoms with Crippen LogP contribution in [0.4, 0.5) is 5.69 Å². The zero-order chi connectivity index (χ0) is 15.6. The highest BCUT2D eigenvalue weighted by molar-refractivity contribution is 9.10. The lowest BCUT2D eigenvalue weighted by molar-refractivity contribution is 0.387. The summed E-state index contributed by atoms with van der Waals surface area (Å²) in [5.41, 5.74) is 6.72. The van der Waals surface area contributed by atoms with Gasteiger partial charge in [0.25, 0.3) is 0 Å². The number of nitrogens with two attached hydrogens (primary N) is 1. The molecule has 1 heterocycles. The van der Waals surface area contributed by atoms with E-state index >= 15 is 0 Å². The third kappa shape index (κ3) is 3.80. The molecule has 0 aliphatic carbocycles. The minimum absolute atomic E-state index is 0.152. The van der Waals surface area contributed by atoms with E-state index in [0.29, 0.717) is 33.9 Å². The van der Waals surface area contributed by atoms with E-state index in [4.69, 9.17) is 10.3 Å². The molecule has 0 aliphatic rings. The first-order valence-corrected chi connectivity index (χ1v) is 8.41. The van der Waals surface area contributed by atoms with Gasteiger partial charge in [-0.1, -0.05) is 21.1 Å². The zero-order valence-electron chi connectivity index (χ0n) is 11.6. The second kappa shape index (κ2) is 6.12. The topological polar surface area (TPSA) is 111 Å². The summed E-state index contributed by atoms with van der Waals surface area (Å²) in [6.45, 7) is 3.51. The monoisotopic (exact) mass is 374 g/mol. The van der Waals surface area contributed by atoms with Crippen LogP contribution >= 0.6 is 15.9 Å². The largest absolute Gasteiger partial charge is 0.398 e. The fraction of sp³-hybridized carbons (Fsp3) is 0.333. The molecule has 0 amide bonds. The first-order chi connectivity index (χ1) is 9.79. The maximum atomic E-state index is 12.3. The van der Waals surface area contributed by atoms with Crippen LogP contribution in [-0.2, 0) is 16.4 Å². The number of aryl methyl sites for hydroxylation is 1. The first-order valence-electron chi connectivity index (χ1n) is 6.14. The molecule has 0 saturated heterocycles. The Morgan fingerprint density at radius 2 is 2.10 bits per heavy atom. The van der Waals surface area contributed by atoms with E-state index in [9.17, 15) is 8.42 Å². The number of benzene rings is 1. The molecular weight excluding hydrogens is 360 g/mol. The summed E-state index contributed by atoms with van der Waals surface area (Å²) in [5, 5.41) is 3.71. The van der Waals surface area contributed by atoms with Crippen molar-refractivity contribution in [2.75, 3.05) is 12.3 Å². The number of nitrogens with zero attached hydrogens (tertiary/aromatic N) is 2. The summed E-state index contributed by atoms with van der Waals surface area (Å²) in [4.78, 5) is 4.16. The Kier molecular flexibility index (Phi) is 4.64. The second-order valence-corrected chi connectivity index (χ2v) is 7.15. The molecule has 0 atom stereocenters. The van der Waals surface area contributed by atoms with Crippen LogP contribution in [-0.4, -0.2) is 25.1 Å². The van der Waals surface area contributed by atoms with Crippen molar-refractivity contribution in [3.63, 3.8) is 0 Å². The van der Waals surface area contributed by atoms with Gasteiger partial charge in [0, 0.05) is 30.0 Å². The van der Waals surface area contributed by atoms with Gasteiger partial charge in [0.15, 0.2) is 5.82 Å². The van der Waals surface area contributed by atoms with E-state index in [1.165, 1.54) is 6.07 Å². The minimum Gasteiger partial charge on any atom is -0.398 e. The fourth-order valence-corrected chi connectivity index (χ4v) is 3.73. The van der Waals surface area contributed by atoms with Crippen LogP contribution in [0.2, 0.25) is 0 Å². The standard InChI is InChI=1S/C12H15BrN4O3S/c1-7-10(14)5-9(13)6-11(7)21(18,19)15-4-3-12-16-8(2)20-17-12/h5-6,15H,3-4,14H2,1-2H3. The summed E-state index contributed by atoms with van der Waals surface area (Å²) < 4.78 is 32.5. The van der Waals surface area contributed by atoms with Gasteiger partial charge >= 0.3 is 0 Å². The minimum atomic E-state index is -3.65. The molecule has 3 N–H and O–H groups in total. The van der Waals surface area contributed by atoms with Crippen LogP contribution in [0.25, 0.3) is 0 Å². The van der Waals surface area contributed by atoms with Gasteiger partial charge in [-0.05, 0) is 24.6 Å². The molecule has 0 fully saturated rings. The van der Waals surface area contributed by atoms with E-state index < -0.39 is 10.0 Å². The molecule has 0 spiro atoms. The van der Waals surface area contributed by atoms with Crippen molar-refractivity contribution in [1.82, 2.24) is 14.9 Å². The molecule has 0 unspecified atom stereocenters. The van der Waals surface area contributed by atoms with Crippen LogP contribution in [0, 0.1) is 13.8 Å². The average Bonchev–Trinajstić information content (AvgIpc) is 2.79. The van der Waals surface area contributed by atoms with Gasteiger partial charge in [0.2, 0.25) is 15.9 Å². The molecule has 7 nitrogen and oxygen atoms in total. The van der Waals surface area contributed by atoms with Crippen LogP contribution in [0.5, 0.6) is 0 Å². The summed E-state index contributed by atoms with van der Waals surface area (Å²) in [6.07, 6.45) is 0.346. The van der Waals surface area contributed by atoms with E-state index in [1.54, 1.807) is 19.9 Å². The lowest BCUT2D eigenvalue weighted by atomic mass is 10.2. The maximum absolute atomic E-state index is 12.3. The molecule has 21 heavy (non-hydrogen) atoms. The summed E-state index contributed by atoms with van der Waals surface area (Å²) in [7, 11) is -3.65. The van der Waals surface area contributed by atoms with Crippen molar-refractivity contribution in [3.8, 4) is 0 Å². The number of hydrogen-bond donors (Lipinski definition) is 2. The highest BCUT2D eigenvalue weighted by Gasteiger charge is 2.19. The van der Waals surface area contributed by atoms with Crippen molar-refractivity contribution in [3.05, 3.63) is 33.9 Å². The van der Waals surface area contributed by atoms with E-state index in [1.807, 2.05) is 0 Å². The molecule has 114 valence electrons. The van der Waals surface area contributed by atoms with E-state index in [0.717, 1.165) is 0 Å². The van der Waals surface area contributed by atoms with E-state index in [-0.39, 0.29) is 11.4 Å². The Bertz CT molecular complexity index is 758. The molecule has 1 aromatic carbocycles. The second-order valence-electron chi connectivity index (χ2n) is 4.50. The number of aromatic nitrogens is 2. The lowest BCUT2D eigenvalue weighted by Gasteiger charge is -2.11. The lowest BCUT2D eigenvalue weighted by Crippen LogP contribution is -2.27. The highest BCUT2D eigenvalue weighted by Crippen LogP contribution is 2.26. The zero-order valence-corrected chi connectivity index (χ0v) is 14.0. The molecule has 0 aliphatic heterocycles. The van der Waals surface area contributed by atoms with Crippen molar-refractivity contribution in [1.29, 1.82) is 0 Å². The quantitative estimate of drug-likeness (QED) is 0.767. The molecule has 9 heteroatoms. The number of hydrogen-bond acceptors (Lipinski definition) is 6. The highest BCUT2D eigenvalue weighted by atomic mass is 79.9. The molecule has 1 aromatic heterocycles. The van der Waals surface area contributed by atoms with Crippen molar-refractivity contribution in [2.45, 2.75) is 25.2 Å². The molecule has 0 radical (unpaired) electrons. The molecule has 0 bridgehead atoms. The number of anilines is 1. The Morgan fingerprint density at radius 3 is 2.71 bits per heavy atom. The first kappa shape index (κ1) is 15.9. The normalized spacial score (nSPS) is 11.8. The SMILES string of the molecule is Cc1nc(CCNS(=O)(=O)c2cc(Br)cc(N)c2C)no1. The average molecular weight is 375 g/mol. The van der Waals surface area contributed by atoms with Crippen LogP contribution < -0.4 is 10.5 Å². The fourth-order valence-electron chi connectivity index (χ4n) is 1.77. The van der Waals surface area contributed by atoms with Crippen molar-refractivity contribution in [2.24, 2.45) is 0 Å². The van der Waals surface area contributed by atoms with Crippen LogP contribution in [0.1, 0.15) is 17.3 Å². The summed E-state index contributed by atoms with van der Waals surface area (Å²) in [5.74, 6) is 0.907. The Balaban J connectivity index is 2.12. The van der Waals surface area contributed by atoms with Gasteiger partial charge in [-0.25, -0.2) is 13.1 Å². The maximum Gasteiger partial charge on any atom is 0.240 e. The molecule has 2 rings (SSSR count). The predicted octanol–water partition coefficient (Wildman–Crippen LogP) is 1.55. The summed E-state index contributed by atoms with van der Waals surface area (Å²) >= 11 is 3.24. The van der Waals surface area contributed by atoms with Crippen LogP contribution in [0.3, 0.4) is 0 Å². The van der Waals surface area contributed by atoms with Gasteiger partial charge in [0.05, 0.1) is 4.90 Å². The smallest absolute Gasteiger partial charge is 0.240 e. The van der Waals surface area contributed by atoms with Gasteiger partial charge in [-0.2, -0.15) is 4.98 Å². The number of rotatable bonds is 5. The van der Waals surface area contributed by atoms with Gasteiger partial charge in [0.1, 0.15) is 0 Å². The molecule has 2 aromatic rings. The Morgan fingerprint density at radius 1 is 1.38 bits per heavy atom. The summed E-state index contributed by atoms with van der Waals surface area (Å²) in [6, 6.07) is 3.18. The van der Waals surface area contributed by atoms with Crippen molar-refractivity contribution < 1.29 is 12.9 Å². The number of sulfonamides is 1. The number of nitrogens with one attached hydrogen (secondary N) is 1. The van der Waals surface area contributed by atoms with Gasteiger partial charge in [-0.15, -0.1) is 0 Å². The van der Waals surface area contributed by atoms with Crippen molar-refractivity contribution >= 4 is 31.6 Å². The molecule has 0 saturated carbocycles. The van der Waals surface area contributed by atoms with Gasteiger partial charge < -0.3 is 10.3 Å². The third-order valence-corrected chi connectivity index (χ3v) is 4.91. The Hall–Kier alpha value is -1.45. The third-order valence-electron chi connectivity index (χ3n) is 2.86.